The summed E-state index contributed by atoms with van der Waals surface area (Å²) in [6, 6.07) is 1.85. The third kappa shape index (κ3) is 3.93. The Balaban J connectivity index is 2.97. The summed E-state index contributed by atoms with van der Waals surface area (Å²) < 4.78 is 52.7. The number of carbonyl (C=O) groups is 1. The molecule has 1 aromatic carbocycles. The summed E-state index contributed by atoms with van der Waals surface area (Å²) in [5.41, 5.74) is -0.0844. The van der Waals surface area contributed by atoms with E-state index in [1.54, 1.807) is 0 Å². The first-order valence-corrected chi connectivity index (χ1v) is 4.58. The van der Waals surface area contributed by atoms with Gasteiger partial charge in [-0.1, -0.05) is 0 Å². The zero-order chi connectivity index (χ0) is 13.1. The lowest BCUT2D eigenvalue weighted by atomic mass is 10.1. The van der Waals surface area contributed by atoms with Gasteiger partial charge in [0, 0.05) is 5.56 Å². The van der Waals surface area contributed by atoms with Crippen LogP contribution in [-0.4, -0.2) is 12.8 Å². The van der Waals surface area contributed by atoms with E-state index in [0.717, 1.165) is 18.2 Å². The Kier molecular flexibility index (Phi) is 3.93. The van der Waals surface area contributed by atoms with Crippen LogP contribution in [0.25, 0.3) is 0 Å². The maximum atomic E-state index is 13.3. The van der Waals surface area contributed by atoms with Gasteiger partial charge in [-0.2, -0.15) is 0 Å². The molecule has 94 valence electrons. The van der Waals surface area contributed by atoms with E-state index in [9.17, 15) is 22.4 Å². The summed E-state index contributed by atoms with van der Waals surface area (Å²) in [5.74, 6) is -1.25. The van der Waals surface area contributed by atoms with Crippen LogP contribution < -0.4 is 10.1 Å². The molecule has 1 amide bonds. The van der Waals surface area contributed by atoms with Crippen LogP contribution in [0.2, 0.25) is 0 Å². The Labute approximate surface area is 94.4 Å². The maximum absolute atomic E-state index is 13.3. The quantitative estimate of drug-likeness (QED) is 0.659. The molecule has 0 aliphatic carbocycles. The second kappa shape index (κ2) is 5.03. The van der Waals surface area contributed by atoms with Crippen molar-refractivity contribution in [3.63, 3.8) is 0 Å². The Hall–Kier alpha value is -1.79. The monoisotopic (exact) mass is 251 g/mol. The van der Waals surface area contributed by atoms with Gasteiger partial charge in [-0.3, -0.25) is 4.79 Å². The highest BCUT2D eigenvalue weighted by Gasteiger charge is 2.31. The third-order valence-corrected chi connectivity index (χ3v) is 1.99. The van der Waals surface area contributed by atoms with Gasteiger partial charge in [0.1, 0.15) is 11.6 Å². The van der Waals surface area contributed by atoms with E-state index in [2.05, 4.69) is 10.1 Å². The molecule has 3 nitrogen and oxygen atoms in total. The fourth-order valence-electron chi connectivity index (χ4n) is 1.24. The smallest absolute Gasteiger partial charge is 0.406 e. The number of halogens is 4. The molecule has 0 bridgehead atoms. The Morgan fingerprint density at radius 1 is 1.41 bits per heavy atom. The Morgan fingerprint density at radius 2 is 2.06 bits per heavy atom. The molecule has 0 fully saturated rings. The van der Waals surface area contributed by atoms with Crippen LogP contribution in [-0.2, 0) is 4.79 Å². The van der Waals surface area contributed by atoms with Crippen molar-refractivity contribution in [3.05, 3.63) is 29.6 Å². The van der Waals surface area contributed by atoms with Gasteiger partial charge in [0.25, 0.3) is 0 Å². The molecule has 0 saturated heterocycles. The summed E-state index contributed by atoms with van der Waals surface area (Å²) in [4.78, 5) is 10.2. The molecular weight excluding hydrogens is 242 g/mol. The van der Waals surface area contributed by atoms with Crippen LogP contribution in [0, 0.1) is 5.82 Å². The van der Waals surface area contributed by atoms with E-state index < -0.39 is 24.0 Å². The fourth-order valence-corrected chi connectivity index (χ4v) is 1.24. The molecule has 0 spiro atoms. The summed E-state index contributed by atoms with van der Waals surface area (Å²) >= 11 is 0. The van der Waals surface area contributed by atoms with Crippen molar-refractivity contribution < 1.29 is 27.1 Å². The number of hydrogen-bond acceptors (Lipinski definition) is 2. The van der Waals surface area contributed by atoms with Crippen molar-refractivity contribution in [3.8, 4) is 5.75 Å². The average molecular weight is 251 g/mol. The van der Waals surface area contributed by atoms with Gasteiger partial charge in [0.15, 0.2) is 0 Å². The number of rotatable bonds is 4. The SMILES string of the molecule is C[C@@H](NC=O)c1cc(OC(F)(F)F)ccc1F. The van der Waals surface area contributed by atoms with Crippen molar-refractivity contribution in [2.24, 2.45) is 0 Å². The van der Waals surface area contributed by atoms with Crippen LogP contribution in [0.5, 0.6) is 5.75 Å². The second-order valence-corrected chi connectivity index (χ2v) is 3.24. The molecule has 1 N–H and O–H groups in total. The van der Waals surface area contributed by atoms with E-state index in [0.29, 0.717) is 6.41 Å². The number of benzene rings is 1. The molecule has 7 heteroatoms. The van der Waals surface area contributed by atoms with Crippen LogP contribution >= 0.6 is 0 Å². The molecule has 0 unspecified atom stereocenters. The molecule has 0 radical (unpaired) electrons. The van der Waals surface area contributed by atoms with Crippen LogP contribution in [0.3, 0.4) is 0 Å². The number of amides is 1. The second-order valence-electron chi connectivity index (χ2n) is 3.24. The molecule has 0 aromatic heterocycles. The number of hydrogen-bond donors (Lipinski definition) is 1. The molecule has 0 saturated carbocycles. The lowest BCUT2D eigenvalue weighted by Gasteiger charge is -2.14. The van der Waals surface area contributed by atoms with E-state index in [-0.39, 0.29) is 5.56 Å². The van der Waals surface area contributed by atoms with E-state index in [4.69, 9.17) is 0 Å². The zero-order valence-electron chi connectivity index (χ0n) is 8.72. The predicted octanol–water partition coefficient (Wildman–Crippen LogP) is 2.53. The number of ether oxygens (including phenoxy) is 1. The highest BCUT2D eigenvalue weighted by molar-refractivity contribution is 5.48. The molecule has 0 aliphatic heterocycles. The first-order valence-electron chi connectivity index (χ1n) is 4.58. The van der Waals surface area contributed by atoms with Gasteiger partial charge < -0.3 is 10.1 Å². The van der Waals surface area contributed by atoms with E-state index >= 15 is 0 Å². The minimum atomic E-state index is -4.84. The predicted molar refractivity (Wildman–Crippen MR) is 50.7 cm³/mol. The van der Waals surface area contributed by atoms with Gasteiger partial charge in [-0.15, -0.1) is 13.2 Å². The van der Waals surface area contributed by atoms with Gasteiger partial charge in [0.2, 0.25) is 6.41 Å². The molecule has 0 heterocycles. The number of alkyl halides is 3. The molecule has 1 atom stereocenters. The summed E-state index contributed by atoms with van der Waals surface area (Å²) in [5, 5.41) is 2.24. The summed E-state index contributed by atoms with van der Waals surface area (Å²) in [6.07, 6.45) is -4.50. The van der Waals surface area contributed by atoms with Gasteiger partial charge in [-0.05, 0) is 25.1 Å². The molecular formula is C10H9F4NO2. The topological polar surface area (TPSA) is 38.3 Å². The van der Waals surface area contributed by atoms with Crippen molar-refractivity contribution >= 4 is 6.41 Å². The zero-order valence-corrected chi connectivity index (χ0v) is 8.72. The molecule has 1 rings (SSSR count). The first-order chi connectivity index (χ1) is 7.83. The first kappa shape index (κ1) is 13.3. The number of carbonyl (C=O) groups excluding carboxylic acids is 1. The molecule has 0 aliphatic rings. The van der Waals surface area contributed by atoms with Gasteiger partial charge >= 0.3 is 6.36 Å². The maximum Gasteiger partial charge on any atom is 0.573 e. The van der Waals surface area contributed by atoms with Crippen molar-refractivity contribution in [2.45, 2.75) is 19.3 Å². The summed E-state index contributed by atoms with van der Waals surface area (Å²) in [7, 11) is 0. The van der Waals surface area contributed by atoms with E-state index in [1.165, 1.54) is 6.92 Å². The van der Waals surface area contributed by atoms with Crippen molar-refractivity contribution in [2.75, 3.05) is 0 Å². The van der Waals surface area contributed by atoms with E-state index in [1.807, 2.05) is 0 Å². The molecule has 1 aromatic rings. The minimum Gasteiger partial charge on any atom is -0.406 e. The normalized spacial score (nSPS) is 13.0. The van der Waals surface area contributed by atoms with Crippen LogP contribution in [0.4, 0.5) is 17.6 Å². The van der Waals surface area contributed by atoms with Crippen LogP contribution in [0.15, 0.2) is 18.2 Å². The fraction of sp³-hybridized carbons (Fsp3) is 0.300. The Morgan fingerprint density at radius 3 is 2.59 bits per heavy atom. The number of nitrogens with one attached hydrogen (secondary N) is 1. The average Bonchev–Trinajstić information content (AvgIpc) is 2.19. The minimum absolute atomic E-state index is 0.0844. The lowest BCUT2D eigenvalue weighted by Crippen LogP contribution is -2.19. The van der Waals surface area contributed by atoms with Gasteiger partial charge in [-0.25, -0.2) is 4.39 Å². The highest BCUT2D eigenvalue weighted by Crippen LogP contribution is 2.27. The summed E-state index contributed by atoms with van der Waals surface area (Å²) in [6.45, 7) is 1.43. The van der Waals surface area contributed by atoms with Crippen molar-refractivity contribution in [1.29, 1.82) is 0 Å². The molecule has 17 heavy (non-hydrogen) atoms. The highest BCUT2D eigenvalue weighted by atomic mass is 19.4. The Bertz CT molecular complexity index is 406. The standard InChI is InChI=1S/C10H9F4NO2/c1-6(15-5-16)8-4-7(2-3-9(8)11)17-10(12,13)14/h2-6H,1H3,(H,15,16)/t6-/m1/s1. The van der Waals surface area contributed by atoms with Crippen LogP contribution in [0.1, 0.15) is 18.5 Å². The van der Waals surface area contributed by atoms with Gasteiger partial charge in [0.05, 0.1) is 6.04 Å². The van der Waals surface area contributed by atoms with Crippen molar-refractivity contribution in [1.82, 2.24) is 5.32 Å². The largest absolute Gasteiger partial charge is 0.573 e. The third-order valence-electron chi connectivity index (χ3n) is 1.99. The lowest BCUT2D eigenvalue weighted by molar-refractivity contribution is -0.274.